The average Bonchev–Trinajstić information content (AvgIpc) is 3.67. The van der Waals surface area contributed by atoms with Crippen molar-refractivity contribution in [1.29, 1.82) is 0 Å². The highest BCUT2D eigenvalue weighted by molar-refractivity contribution is 5.75. The monoisotopic (exact) mass is 597 g/mol. The number of likely N-dealkylation sites (tertiary alicyclic amines) is 1. The van der Waals surface area contributed by atoms with E-state index in [9.17, 15) is 31.1 Å². The molecule has 1 amide bonds. The van der Waals surface area contributed by atoms with Crippen molar-refractivity contribution in [3.8, 4) is 0 Å². The number of hydrogen-bond donors (Lipinski definition) is 3. The van der Waals surface area contributed by atoms with E-state index in [4.69, 9.17) is 19.8 Å². The van der Waals surface area contributed by atoms with Gasteiger partial charge in [-0.25, -0.2) is 9.59 Å². The lowest BCUT2D eigenvalue weighted by molar-refractivity contribution is -0.193. The highest BCUT2D eigenvalue weighted by Gasteiger charge is 2.39. The maximum atomic E-state index is 11.7. The van der Waals surface area contributed by atoms with Gasteiger partial charge in [0.25, 0.3) is 0 Å². The number of hydrogen-bond acceptors (Lipinski definition) is 5. The van der Waals surface area contributed by atoms with E-state index in [2.05, 4.69) is 53.5 Å². The van der Waals surface area contributed by atoms with Crippen LogP contribution in [0.4, 0.5) is 26.3 Å². The number of nitrogens with one attached hydrogen (secondary N) is 1. The summed E-state index contributed by atoms with van der Waals surface area (Å²) in [7, 11) is 3.67. The first-order valence-corrected chi connectivity index (χ1v) is 12.9. The summed E-state index contributed by atoms with van der Waals surface area (Å²) in [5.74, 6) is -3.79. The number of alkyl halides is 6. The number of carboxylic acid groups (broad SMARTS) is 2. The Hall–Kier alpha value is -3.13. The van der Waals surface area contributed by atoms with Crippen molar-refractivity contribution in [1.82, 2.24) is 15.1 Å². The van der Waals surface area contributed by atoms with Crippen LogP contribution < -0.4 is 5.32 Å². The van der Waals surface area contributed by atoms with E-state index in [1.54, 1.807) is 4.90 Å². The van der Waals surface area contributed by atoms with Crippen LogP contribution in [0.2, 0.25) is 0 Å². The van der Waals surface area contributed by atoms with Gasteiger partial charge in [-0.2, -0.15) is 26.3 Å². The number of carbonyl (C=O) groups excluding carboxylic acids is 1. The molecule has 2 fully saturated rings. The smallest absolute Gasteiger partial charge is 0.475 e. The first-order chi connectivity index (χ1) is 18.9. The molecule has 1 aromatic rings. The third-order valence-corrected chi connectivity index (χ3v) is 6.57. The van der Waals surface area contributed by atoms with Gasteiger partial charge in [0.1, 0.15) is 0 Å². The third-order valence-electron chi connectivity index (χ3n) is 6.57. The van der Waals surface area contributed by atoms with E-state index in [0.717, 1.165) is 32.1 Å². The summed E-state index contributed by atoms with van der Waals surface area (Å²) in [6, 6.07) is 11.3. The summed E-state index contributed by atoms with van der Waals surface area (Å²) in [6.07, 6.45) is -3.41. The van der Waals surface area contributed by atoms with Gasteiger partial charge in [0.2, 0.25) is 5.91 Å². The molecule has 8 nitrogen and oxygen atoms in total. The Bertz CT molecular complexity index is 983. The zero-order valence-corrected chi connectivity index (χ0v) is 23.1. The lowest BCUT2D eigenvalue weighted by atomic mass is 9.96. The maximum absolute atomic E-state index is 11.7. The Morgan fingerprint density at radius 3 is 1.90 bits per heavy atom. The van der Waals surface area contributed by atoms with Gasteiger partial charge in [-0.1, -0.05) is 42.0 Å². The van der Waals surface area contributed by atoms with E-state index < -0.39 is 24.3 Å². The van der Waals surface area contributed by atoms with Crippen LogP contribution in [0.25, 0.3) is 6.08 Å². The summed E-state index contributed by atoms with van der Waals surface area (Å²) in [5.41, 5.74) is 2.81. The number of nitrogens with zero attached hydrogens (tertiary/aromatic N) is 2. The quantitative estimate of drug-likeness (QED) is 0.378. The number of piperidine rings is 1. The molecule has 1 saturated heterocycles. The van der Waals surface area contributed by atoms with E-state index in [0.29, 0.717) is 18.4 Å². The molecule has 0 unspecified atom stereocenters. The Balaban J connectivity index is 0.000000497. The number of aliphatic carboxylic acids is 2. The van der Waals surface area contributed by atoms with Crippen molar-refractivity contribution in [2.24, 2.45) is 11.8 Å². The SMILES string of the molecule is C/C(=C\c1ccccc1)[C@@H]1C[C@H]1NCC1CCN(CCC(=O)N(C)C)CC1.O=C(O)C(F)(F)F.O=C(O)C(F)(F)F. The van der Waals surface area contributed by atoms with Gasteiger partial charge in [0.05, 0.1) is 0 Å². The third kappa shape index (κ3) is 14.9. The van der Waals surface area contributed by atoms with Crippen molar-refractivity contribution < 1.29 is 50.9 Å². The molecule has 1 aliphatic carbocycles. The topological polar surface area (TPSA) is 110 Å². The second-order valence-electron chi connectivity index (χ2n) is 10.1. The molecule has 3 N–H and O–H groups in total. The van der Waals surface area contributed by atoms with Crippen LogP contribution in [0, 0.1) is 11.8 Å². The fourth-order valence-corrected chi connectivity index (χ4v) is 4.05. The highest BCUT2D eigenvalue weighted by atomic mass is 19.4. The molecule has 1 heterocycles. The van der Waals surface area contributed by atoms with Gasteiger partial charge in [0.15, 0.2) is 0 Å². The van der Waals surface area contributed by atoms with E-state index in [1.807, 2.05) is 14.1 Å². The minimum atomic E-state index is -5.08. The first kappa shape index (κ1) is 35.9. The molecule has 41 heavy (non-hydrogen) atoms. The van der Waals surface area contributed by atoms with E-state index in [-0.39, 0.29) is 5.91 Å². The minimum Gasteiger partial charge on any atom is -0.475 e. The van der Waals surface area contributed by atoms with Gasteiger partial charge in [0, 0.05) is 33.1 Å². The zero-order valence-electron chi connectivity index (χ0n) is 23.1. The summed E-state index contributed by atoms with van der Waals surface area (Å²) in [5, 5.41) is 18.1. The van der Waals surface area contributed by atoms with Crippen molar-refractivity contribution in [3.05, 3.63) is 41.5 Å². The van der Waals surface area contributed by atoms with Gasteiger partial charge >= 0.3 is 24.3 Å². The van der Waals surface area contributed by atoms with Gasteiger partial charge in [-0.3, -0.25) is 4.79 Å². The molecule has 1 aromatic carbocycles. The summed E-state index contributed by atoms with van der Waals surface area (Å²) in [6.45, 7) is 6.59. The predicted molar refractivity (Wildman–Crippen MR) is 140 cm³/mol. The molecule has 2 atom stereocenters. The van der Waals surface area contributed by atoms with E-state index >= 15 is 0 Å². The fraction of sp³-hybridized carbons (Fsp3) is 0.593. The summed E-state index contributed by atoms with van der Waals surface area (Å²) in [4.78, 5) is 33.7. The lowest BCUT2D eigenvalue weighted by Crippen LogP contribution is -2.39. The Kier molecular flexibility index (Phi) is 14.3. The number of carboxylic acids is 2. The van der Waals surface area contributed by atoms with Crippen LogP contribution in [0.15, 0.2) is 35.9 Å². The fourth-order valence-electron chi connectivity index (χ4n) is 4.05. The number of carbonyl (C=O) groups is 3. The van der Waals surface area contributed by atoms with Crippen LogP contribution in [0.3, 0.4) is 0 Å². The standard InChI is InChI=1S/C23H35N3O.2C2HF3O2/c1-18(15-19-7-5-4-6-8-19)21-16-22(21)24-17-20-9-12-26(13-10-20)14-11-23(27)25(2)3;2*3-2(4,5)1(6)7/h4-8,15,20-22,24H,9-14,16-17H2,1-3H3;2*(H,6,7)/b18-15+;;/t21-,22+;;/m0../s1. The van der Waals surface area contributed by atoms with Crippen LogP contribution in [0.1, 0.15) is 38.2 Å². The van der Waals surface area contributed by atoms with Gasteiger partial charge < -0.3 is 25.3 Å². The number of halogens is 6. The molecule has 14 heteroatoms. The molecular formula is C27H37F6N3O5. The summed E-state index contributed by atoms with van der Waals surface area (Å²) < 4.78 is 63.5. The second kappa shape index (κ2) is 16.3. The van der Waals surface area contributed by atoms with Crippen LogP contribution in [0.5, 0.6) is 0 Å². The van der Waals surface area contributed by atoms with Crippen LogP contribution in [-0.2, 0) is 14.4 Å². The Morgan fingerprint density at radius 1 is 0.976 bits per heavy atom. The largest absolute Gasteiger partial charge is 0.490 e. The zero-order chi connectivity index (χ0) is 31.4. The molecule has 3 rings (SSSR count). The van der Waals surface area contributed by atoms with Crippen LogP contribution in [-0.4, -0.2) is 96.5 Å². The molecule has 0 spiro atoms. The molecule has 2 aliphatic rings. The number of rotatable bonds is 8. The van der Waals surface area contributed by atoms with Crippen molar-refractivity contribution in [2.75, 3.05) is 40.3 Å². The minimum absolute atomic E-state index is 0.234. The molecule has 0 bridgehead atoms. The van der Waals surface area contributed by atoms with Crippen LogP contribution >= 0.6 is 0 Å². The molecule has 1 aliphatic heterocycles. The molecular weight excluding hydrogens is 560 g/mol. The second-order valence-corrected chi connectivity index (χ2v) is 10.1. The molecule has 0 radical (unpaired) electrons. The van der Waals surface area contributed by atoms with Crippen molar-refractivity contribution in [3.63, 3.8) is 0 Å². The molecule has 232 valence electrons. The normalized spacial score (nSPS) is 19.7. The first-order valence-electron chi connectivity index (χ1n) is 12.9. The van der Waals surface area contributed by atoms with Crippen molar-refractivity contribution >= 4 is 23.9 Å². The van der Waals surface area contributed by atoms with Gasteiger partial charge in [-0.05, 0) is 63.2 Å². The van der Waals surface area contributed by atoms with E-state index in [1.165, 1.54) is 30.4 Å². The maximum Gasteiger partial charge on any atom is 0.490 e. The average molecular weight is 598 g/mol. The Morgan fingerprint density at radius 2 is 1.46 bits per heavy atom. The number of benzene rings is 1. The lowest BCUT2D eigenvalue weighted by Gasteiger charge is -2.32. The van der Waals surface area contributed by atoms with Gasteiger partial charge in [-0.15, -0.1) is 0 Å². The highest BCUT2D eigenvalue weighted by Crippen LogP contribution is 2.38. The summed E-state index contributed by atoms with van der Waals surface area (Å²) >= 11 is 0. The molecule has 0 aromatic heterocycles. The van der Waals surface area contributed by atoms with Crippen molar-refractivity contribution in [2.45, 2.75) is 51.0 Å². The molecule has 1 saturated carbocycles. The Labute approximate surface area is 235 Å². The predicted octanol–water partition coefficient (Wildman–Crippen LogP) is 4.52. The number of amides is 1.